The lowest BCUT2D eigenvalue weighted by Gasteiger charge is -2.04. The maximum atomic E-state index is 11.7. The third kappa shape index (κ3) is 4.45. The van der Waals surface area contributed by atoms with Crippen molar-refractivity contribution in [2.75, 3.05) is 18.5 Å². The molecule has 0 aliphatic carbocycles. The molecular formula is C12H12ClN3O2. The molecule has 0 unspecified atom stereocenters. The Hall–Kier alpha value is -2.03. The van der Waals surface area contributed by atoms with Crippen molar-refractivity contribution in [3.8, 4) is 6.07 Å². The molecule has 5 nitrogen and oxygen atoms in total. The van der Waals surface area contributed by atoms with Crippen LogP contribution in [0.15, 0.2) is 36.0 Å². The second-order valence-corrected chi connectivity index (χ2v) is 3.75. The molecule has 94 valence electrons. The van der Waals surface area contributed by atoms with E-state index in [4.69, 9.17) is 22.0 Å². The molecule has 0 atom stereocenters. The number of nitriles is 1. The Balaban J connectivity index is 2.69. The predicted molar refractivity (Wildman–Crippen MR) is 68.9 cm³/mol. The monoisotopic (exact) mass is 265 g/mol. The normalized spacial score (nSPS) is 10.6. The molecular weight excluding hydrogens is 254 g/mol. The molecule has 18 heavy (non-hydrogen) atoms. The number of aliphatic hydroxyl groups excluding tert-OH is 1. The van der Waals surface area contributed by atoms with Crippen LogP contribution in [0.1, 0.15) is 0 Å². The molecule has 1 rings (SSSR count). The van der Waals surface area contributed by atoms with Gasteiger partial charge in [0.1, 0.15) is 11.6 Å². The number of benzene rings is 1. The molecule has 0 fully saturated rings. The van der Waals surface area contributed by atoms with Gasteiger partial charge in [0, 0.05) is 23.5 Å². The lowest BCUT2D eigenvalue weighted by atomic mass is 10.2. The second-order valence-electron chi connectivity index (χ2n) is 3.31. The first-order valence-corrected chi connectivity index (χ1v) is 5.56. The van der Waals surface area contributed by atoms with Crippen LogP contribution in [-0.4, -0.2) is 24.2 Å². The van der Waals surface area contributed by atoms with Crippen LogP contribution in [0.2, 0.25) is 5.02 Å². The Morgan fingerprint density at radius 1 is 1.56 bits per heavy atom. The summed E-state index contributed by atoms with van der Waals surface area (Å²) in [5.41, 5.74) is 0.430. The van der Waals surface area contributed by atoms with Gasteiger partial charge in [0.05, 0.1) is 6.61 Å². The highest BCUT2D eigenvalue weighted by atomic mass is 35.5. The number of rotatable bonds is 5. The molecule has 0 aromatic heterocycles. The first-order valence-electron chi connectivity index (χ1n) is 5.19. The van der Waals surface area contributed by atoms with E-state index in [0.29, 0.717) is 10.7 Å². The van der Waals surface area contributed by atoms with Crippen LogP contribution in [0.25, 0.3) is 0 Å². The van der Waals surface area contributed by atoms with E-state index >= 15 is 0 Å². The third-order valence-corrected chi connectivity index (χ3v) is 2.19. The van der Waals surface area contributed by atoms with E-state index < -0.39 is 5.91 Å². The highest BCUT2D eigenvalue weighted by Gasteiger charge is 2.08. The van der Waals surface area contributed by atoms with Crippen molar-refractivity contribution < 1.29 is 9.90 Å². The molecule has 1 aromatic carbocycles. The average molecular weight is 266 g/mol. The van der Waals surface area contributed by atoms with Crippen LogP contribution in [0.4, 0.5) is 5.69 Å². The molecule has 6 heteroatoms. The molecule has 0 bridgehead atoms. The zero-order chi connectivity index (χ0) is 13.4. The Morgan fingerprint density at radius 2 is 2.33 bits per heavy atom. The van der Waals surface area contributed by atoms with E-state index in [-0.39, 0.29) is 18.7 Å². The van der Waals surface area contributed by atoms with Gasteiger partial charge in [-0.1, -0.05) is 17.7 Å². The third-order valence-electron chi connectivity index (χ3n) is 1.95. The van der Waals surface area contributed by atoms with Crippen molar-refractivity contribution in [2.45, 2.75) is 0 Å². The summed E-state index contributed by atoms with van der Waals surface area (Å²) in [6, 6.07) is 8.39. The molecule has 0 saturated heterocycles. The van der Waals surface area contributed by atoms with E-state index in [1.807, 2.05) is 0 Å². The van der Waals surface area contributed by atoms with Gasteiger partial charge in [-0.05, 0) is 18.2 Å². The zero-order valence-electron chi connectivity index (χ0n) is 9.48. The number of aliphatic hydroxyl groups is 1. The maximum Gasteiger partial charge on any atom is 0.267 e. The quantitative estimate of drug-likeness (QED) is 0.425. The number of carbonyl (C=O) groups is 1. The smallest absolute Gasteiger partial charge is 0.267 e. The number of amides is 1. The number of anilines is 1. The fourth-order valence-corrected chi connectivity index (χ4v) is 1.34. The molecule has 0 aliphatic heterocycles. The first-order chi connectivity index (χ1) is 8.67. The minimum absolute atomic E-state index is 0.0783. The van der Waals surface area contributed by atoms with Crippen molar-refractivity contribution in [3.05, 3.63) is 41.1 Å². The largest absolute Gasteiger partial charge is 0.395 e. The van der Waals surface area contributed by atoms with Crippen LogP contribution < -0.4 is 10.6 Å². The van der Waals surface area contributed by atoms with Gasteiger partial charge in [-0.2, -0.15) is 5.26 Å². The van der Waals surface area contributed by atoms with Gasteiger partial charge in [-0.3, -0.25) is 4.79 Å². The Morgan fingerprint density at radius 3 is 2.94 bits per heavy atom. The molecule has 0 radical (unpaired) electrons. The van der Waals surface area contributed by atoms with E-state index in [1.54, 1.807) is 30.3 Å². The van der Waals surface area contributed by atoms with Crippen LogP contribution in [0.5, 0.6) is 0 Å². The summed E-state index contributed by atoms with van der Waals surface area (Å²) >= 11 is 5.77. The number of halogens is 1. The van der Waals surface area contributed by atoms with E-state index in [0.717, 1.165) is 0 Å². The topological polar surface area (TPSA) is 85.2 Å². The minimum Gasteiger partial charge on any atom is -0.395 e. The van der Waals surface area contributed by atoms with Crippen molar-refractivity contribution in [1.82, 2.24) is 5.32 Å². The van der Waals surface area contributed by atoms with Gasteiger partial charge in [-0.25, -0.2) is 0 Å². The molecule has 0 heterocycles. The standard InChI is InChI=1S/C12H12ClN3O2/c13-10-2-1-3-11(6-10)16-12(18)9(7-14)8-15-4-5-17/h1-3,6,8,15,17H,4-5H2,(H,16,18)/b9-8-. The first kappa shape index (κ1) is 14.0. The summed E-state index contributed by atoms with van der Waals surface area (Å²) in [4.78, 5) is 11.7. The molecule has 3 N–H and O–H groups in total. The van der Waals surface area contributed by atoms with Crippen molar-refractivity contribution in [1.29, 1.82) is 5.26 Å². The Bertz CT molecular complexity index is 494. The van der Waals surface area contributed by atoms with Gasteiger partial charge in [-0.15, -0.1) is 0 Å². The van der Waals surface area contributed by atoms with Crippen molar-refractivity contribution in [2.24, 2.45) is 0 Å². The SMILES string of the molecule is N#C/C(=C/NCCO)C(=O)Nc1cccc(Cl)c1. The van der Waals surface area contributed by atoms with Gasteiger partial charge in [0.15, 0.2) is 0 Å². The minimum atomic E-state index is -0.537. The number of carbonyl (C=O) groups excluding carboxylic acids is 1. The van der Waals surface area contributed by atoms with Gasteiger partial charge >= 0.3 is 0 Å². The maximum absolute atomic E-state index is 11.7. The summed E-state index contributed by atoms with van der Waals surface area (Å²) in [6.45, 7) is 0.195. The van der Waals surface area contributed by atoms with Crippen LogP contribution in [-0.2, 0) is 4.79 Å². The molecule has 1 aromatic rings. The summed E-state index contributed by atoms with van der Waals surface area (Å²) in [6.07, 6.45) is 1.26. The summed E-state index contributed by atoms with van der Waals surface area (Å²) in [5, 5.41) is 23.1. The van der Waals surface area contributed by atoms with Gasteiger partial charge < -0.3 is 15.7 Å². The number of hydrogen-bond donors (Lipinski definition) is 3. The number of hydrogen-bond acceptors (Lipinski definition) is 4. The lowest BCUT2D eigenvalue weighted by molar-refractivity contribution is -0.112. The highest BCUT2D eigenvalue weighted by Crippen LogP contribution is 2.15. The number of nitrogens with zero attached hydrogens (tertiary/aromatic N) is 1. The Kier molecular flexibility index (Phi) is 5.71. The summed E-state index contributed by atoms with van der Waals surface area (Å²) in [7, 11) is 0. The Labute approximate surface area is 110 Å². The molecule has 0 aliphatic rings. The van der Waals surface area contributed by atoms with Crippen molar-refractivity contribution in [3.63, 3.8) is 0 Å². The van der Waals surface area contributed by atoms with E-state index in [2.05, 4.69) is 10.6 Å². The molecule has 1 amide bonds. The zero-order valence-corrected chi connectivity index (χ0v) is 10.2. The van der Waals surface area contributed by atoms with Crippen LogP contribution in [0, 0.1) is 11.3 Å². The van der Waals surface area contributed by atoms with Gasteiger partial charge in [0.25, 0.3) is 5.91 Å². The summed E-state index contributed by atoms with van der Waals surface area (Å²) < 4.78 is 0. The van der Waals surface area contributed by atoms with Crippen LogP contribution in [0.3, 0.4) is 0 Å². The highest BCUT2D eigenvalue weighted by molar-refractivity contribution is 6.31. The number of nitrogens with one attached hydrogen (secondary N) is 2. The lowest BCUT2D eigenvalue weighted by Crippen LogP contribution is -2.18. The molecule has 0 saturated carbocycles. The predicted octanol–water partition coefficient (Wildman–Crippen LogP) is 1.27. The van der Waals surface area contributed by atoms with E-state index in [1.165, 1.54) is 6.20 Å². The van der Waals surface area contributed by atoms with Crippen molar-refractivity contribution >= 4 is 23.2 Å². The fourth-order valence-electron chi connectivity index (χ4n) is 1.15. The van der Waals surface area contributed by atoms with Crippen LogP contribution >= 0.6 is 11.6 Å². The molecule has 0 spiro atoms. The fraction of sp³-hybridized carbons (Fsp3) is 0.167. The average Bonchev–Trinajstić information content (AvgIpc) is 2.34. The summed E-state index contributed by atoms with van der Waals surface area (Å²) in [5.74, 6) is -0.537. The van der Waals surface area contributed by atoms with E-state index in [9.17, 15) is 4.79 Å². The second kappa shape index (κ2) is 7.33. The van der Waals surface area contributed by atoms with Gasteiger partial charge in [0.2, 0.25) is 0 Å².